The fourth-order valence-electron chi connectivity index (χ4n) is 2.11. The van der Waals surface area contributed by atoms with Gasteiger partial charge in [-0.15, -0.1) is 0 Å². The summed E-state index contributed by atoms with van der Waals surface area (Å²) in [5.74, 6) is 1.68. The largest absolute Gasteiger partial charge is 0.327 e. The summed E-state index contributed by atoms with van der Waals surface area (Å²) in [5.41, 5.74) is 5.42. The standard InChI is InChI=1S/C11H21N/c1-10(6-5-9-12)11-7-3-2-4-8-11/h5-6,10-11H,2-4,7-9,12H2,1H3/b6-5+. The van der Waals surface area contributed by atoms with E-state index in [0.29, 0.717) is 6.54 Å². The molecule has 0 heterocycles. The van der Waals surface area contributed by atoms with E-state index >= 15 is 0 Å². The van der Waals surface area contributed by atoms with Crippen molar-refractivity contribution in [2.75, 3.05) is 6.54 Å². The first-order valence-electron chi connectivity index (χ1n) is 5.21. The van der Waals surface area contributed by atoms with Gasteiger partial charge in [0.1, 0.15) is 0 Å². The number of rotatable bonds is 3. The summed E-state index contributed by atoms with van der Waals surface area (Å²) >= 11 is 0. The van der Waals surface area contributed by atoms with E-state index < -0.39 is 0 Å². The van der Waals surface area contributed by atoms with Gasteiger partial charge in [-0.1, -0.05) is 38.3 Å². The monoisotopic (exact) mass is 167 g/mol. The first-order valence-corrected chi connectivity index (χ1v) is 5.21. The maximum absolute atomic E-state index is 5.42. The van der Waals surface area contributed by atoms with E-state index in [0.717, 1.165) is 11.8 Å². The Kier molecular flexibility index (Phi) is 4.37. The van der Waals surface area contributed by atoms with Gasteiger partial charge in [0, 0.05) is 6.54 Å². The summed E-state index contributed by atoms with van der Waals surface area (Å²) in [7, 11) is 0. The first kappa shape index (κ1) is 9.79. The zero-order chi connectivity index (χ0) is 8.81. The highest BCUT2D eigenvalue weighted by atomic mass is 14.5. The van der Waals surface area contributed by atoms with Crippen molar-refractivity contribution in [1.82, 2.24) is 0 Å². The highest BCUT2D eigenvalue weighted by Gasteiger charge is 2.17. The Morgan fingerprint density at radius 1 is 1.33 bits per heavy atom. The molecule has 1 aliphatic carbocycles. The van der Waals surface area contributed by atoms with E-state index in [-0.39, 0.29) is 0 Å². The fraction of sp³-hybridized carbons (Fsp3) is 0.818. The van der Waals surface area contributed by atoms with Gasteiger partial charge in [-0.05, 0) is 24.7 Å². The normalized spacial score (nSPS) is 23.2. The lowest BCUT2D eigenvalue weighted by atomic mass is 9.81. The molecule has 12 heavy (non-hydrogen) atoms. The maximum Gasteiger partial charge on any atom is 0.0106 e. The summed E-state index contributed by atoms with van der Waals surface area (Å²) in [6, 6.07) is 0. The molecule has 1 nitrogen and oxygen atoms in total. The van der Waals surface area contributed by atoms with E-state index in [4.69, 9.17) is 5.73 Å². The van der Waals surface area contributed by atoms with Gasteiger partial charge >= 0.3 is 0 Å². The molecule has 0 aromatic heterocycles. The molecule has 0 amide bonds. The number of hydrogen-bond donors (Lipinski definition) is 1. The second kappa shape index (κ2) is 5.36. The number of nitrogens with two attached hydrogens (primary N) is 1. The van der Waals surface area contributed by atoms with Crippen molar-refractivity contribution in [3.8, 4) is 0 Å². The quantitative estimate of drug-likeness (QED) is 0.643. The zero-order valence-electron chi connectivity index (χ0n) is 8.13. The van der Waals surface area contributed by atoms with Crippen LogP contribution in [0.3, 0.4) is 0 Å². The van der Waals surface area contributed by atoms with Crippen LogP contribution in [0.4, 0.5) is 0 Å². The third-order valence-corrected chi connectivity index (χ3v) is 2.97. The van der Waals surface area contributed by atoms with Crippen LogP contribution >= 0.6 is 0 Å². The molecule has 1 saturated carbocycles. The Labute approximate surface area is 76.0 Å². The minimum absolute atomic E-state index is 0.692. The number of allylic oxidation sites excluding steroid dienone is 1. The van der Waals surface area contributed by atoms with Crippen molar-refractivity contribution in [1.29, 1.82) is 0 Å². The van der Waals surface area contributed by atoms with Gasteiger partial charge in [0.15, 0.2) is 0 Å². The molecule has 1 aliphatic rings. The molecule has 0 spiro atoms. The van der Waals surface area contributed by atoms with Crippen molar-refractivity contribution in [2.24, 2.45) is 17.6 Å². The van der Waals surface area contributed by atoms with Crippen LogP contribution in [0, 0.1) is 11.8 Å². The van der Waals surface area contributed by atoms with Crippen molar-refractivity contribution in [2.45, 2.75) is 39.0 Å². The predicted octanol–water partition coefficient (Wildman–Crippen LogP) is 2.72. The summed E-state index contributed by atoms with van der Waals surface area (Å²) in [6.07, 6.45) is 11.6. The molecule has 1 heteroatoms. The summed E-state index contributed by atoms with van der Waals surface area (Å²) in [6.45, 7) is 3.01. The van der Waals surface area contributed by atoms with E-state index in [1.807, 2.05) is 0 Å². The van der Waals surface area contributed by atoms with Crippen LogP contribution in [0.5, 0.6) is 0 Å². The van der Waals surface area contributed by atoms with Gasteiger partial charge < -0.3 is 5.73 Å². The van der Waals surface area contributed by atoms with E-state index in [9.17, 15) is 0 Å². The van der Waals surface area contributed by atoms with Gasteiger partial charge in [-0.3, -0.25) is 0 Å². The van der Waals surface area contributed by atoms with Crippen LogP contribution in [0.15, 0.2) is 12.2 Å². The molecular formula is C11H21N. The Morgan fingerprint density at radius 3 is 2.58 bits per heavy atom. The summed E-state index contributed by atoms with van der Waals surface area (Å²) in [5, 5.41) is 0. The summed E-state index contributed by atoms with van der Waals surface area (Å²) < 4.78 is 0. The Bertz CT molecular complexity index is 134. The third-order valence-electron chi connectivity index (χ3n) is 2.97. The highest BCUT2D eigenvalue weighted by Crippen LogP contribution is 2.30. The highest BCUT2D eigenvalue weighted by molar-refractivity contribution is 4.90. The fourth-order valence-corrected chi connectivity index (χ4v) is 2.11. The van der Waals surface area contributed by atoms with Gasteiger partial charge in [-0.2, -0.15) is 0 Å². The molecule has 1 atom stereocenters. The van der Waals surface area contributed by atoms with Gasteiger partial charge in [0.25, 0.3) is 0 Å². The second-order valence-electron chi connectivity index (χ2n) is 3.92. The van der Waals surface area contributed by atoms with Crippen LogP contribution in [0.25, 0.3) is 0 Å². The van der Waals surface area contributed by atoms with Crippen LogP contribution in [0.2, 0.25) is 0 Å². The topological polar surface area (TPSA) is 26.0 Å². The lowest BCUT2D eigenvalue weighted by Crippen LogP contribution is -2.13. The molecular weight excluding hydrogens is 146 g/mol. The van der Waals surface area contributed by atoms with Crippen LogP contribution in [0.1, 0.15) is 39.0 Å². The van der Waals surface area contributed by atoms with Crippen molar-refractivity contribution in [3.05, 3.63) is 12.2 Å². The Balaban J connectivity index is 2.29. The van der Waals surface area contributed by atoms with E-state index in [2.05, 4.69) is 19.1 Å². The molecule has 70 valence electrons. The van der Waals surface area contributed by atoms with E-state index in [1.165, 1.54) is 32.1 Å². The lowest BCUT2D eigenvalue weighted by molar-refractivity contribution is 0.299. The molecule has 0 aliphatic heterocycles. The van der Waals surface area contributed by atoms with E-state index in [1.54, 1.807) is 0 Å². The molecule has 0 radical (unpaired) electrons. The SMILES string of the molecule is CC(/C=C/CN)C1CCCCC1. The van der Waals surface area contributed by atoms with Gasteiger partial charge in [0.05, 0.1) is 0 Å². The second-order valence-corrected chi connectivity index (χ2v) is 3.92. The minimum Gasteiger partial charge on any atom is -0.327 e. The zero-order valence-corrected chi connectivity index (χ0v) is 8.13. The van der Waals surface area contributed by atoms with Crippen LogP contribution in [-0.2, 0) is 0 Å². The Morgan fingerprint density at radius 2 is 2.00 bits per heavy atom. The first-order chi connectivity index (χ1) is 5.84. The number of hydrogen-bond acceptors (Lipinski definition) is 1. The summed E-state index contributed by atoms with van der Waals surface area (Å²) in [4.78, 5) is 0. The average Bonchev–Trinajstić information content (AvgIpc) is 2.15. The predicted molar refractivity (Wildman–Crippen MR) is 53.9 cm³/mol. The molecule has 0 bridgehead atoms. The molecule has 1 unspecified atom stereocenters. The molecule has 1 fully saturated rings. The smallest absolute Gasteiger partial charge is 0.0106 e. The molecule has 0 aromatic carbocycles. The van der Waals surface area contributed by atoms with Crippen molar-refractivity contribution in [3.63, 3.8) is 0 Å². The van der Waals surface area contributed by atoms with Crippen LogP contribution in [-0.4, -0.2) is 6.54 Å². The molecule has 1 rings (SSSR count). The van der Waals surface area contributed by atoms with Gasteiger partial charge in [0.2, 0.25) is 0 Å². The van der Waals surface area contributed by atoms with Crippen molar-refractivity contribution < 1.29 is 0 Å². The molecule has 0 aromatic rings. The minimum atomic E-state index is 0.692. The van der Waals surface area contributed by atoms with Crippen molar-refractivity contribution >= 4 is 0 Å². The Hall–Kier alpha value is -0.300. The van der Waals surface area contributed by atoms with Gasteiger partial charge in [-0.25, -0.2) is 0 Å². The third kappa shape index (κ3) is 2.98. The molecule has 2 N–H and O–H groups in total. The van der Waals surface area contributed by atoms with Crippen LogP contribution < -0.4 is 5.73 Å². The maximum atomic E-state index is 5.42. The lowest BCUT2D eigenvalue weighted by Gasteiger charge is -2.25. The molecule has 0 saturated heterocycles. The average molecular weight is 167 g/mol.